The van der Waals surface area contributed by atoms with Crippen LogP contribution in [0.15, 0.2) is 42.6 Å². The molecule has 0 unspecified atom stereocenters. The quantitative estimate of drug-likeness (QED) is 0.842. The Bertz CT molecular complexity index is 643. The second-order valence-electron chi connectivity index (χ2n) is 4.11. The molecule has 0 aliphatic carbocycles. The summed E-state index contributed by atoms with van der Waals surface area (Å²) in [6, 6.07) is 9.79. The zero-order chi connectivity index (χ0) is 14.5. The molecule has 6 heteroatoms. The Kier molecular flexibility index (Phi) is 4.37. The Balaban J connectivity index is 2.01. The fourth-order valence-corrected chi connectivity index (χ4v) is 1.74. The highest BCUT2D eigenvalue weighted by Gasteiger charge is 2.07. The number of pyridine rings is 1. The lowest BCUT2D eigenvalue weighted by Crippen LogP contribution is -2.24. The molecular formula is C14H12FN3OS. The monoisotopic (exact) mass is 289 g/mol. The lowest BCUT2D eigenvalue weighted by molar-refractivity contribution is 0.0946. The molecule has 2 rings (SSSR count). The van der Waals surface area contributed by atoms with Crippen LogP contribution in [0.25, 0.3) is 0 Å². The predicted molar refractivity (Wildman–Crippen MR) is 77.7 cm³/mol. The van der Waals surface area contributed by atoms with Crippen molar-refractivity contribution in [1.82, 2.24) is 10.3 Å². The molecule has 0 aliphatic heterocycles. The molecule has 0 aliphatic rings. The highest BCUT2D eigenvalue weighted by atomic mass is 32.1. The van der Waals surface area contributed by atoms with Crippen molar-refractivity contribution in [1.29, 1.82) is 0 Å². The molecule has 20 heavy (non-hydrogen) atoms. The van der Waals surface area contributed by atoms with Crippen LogP contribution in [0.2, 0.25) is 0 Å². The number of rotatable bonds is 4. The highest BCUT2D eigenvalue weighted by molar-refractivity contribution is 7.80. The number of halogens is 1. The van der Waals surface area contributed by atoms with Crippen molar-refractivity contribution in [2.75, 3.05) is 0 Å². The topological polar surface area (TPSA) is 68.0 Å². The molecule has 1 aromatic heterocycles. The molecule has 4 nitrogen and oxygen atoms in total. The van der Waals surface area contributed by atoms with Gasteiger partial charge in [-0.15, -0.1) is 0 Å². The van der Waals surface area contributed by atoms with E-state index in [1.54, 1.807) is 12.1 Å². The fraction of sp³-hybridized carbons (Fsp3) is 0.0714. The maximum absolute atomic E-state index is 12.7. The van der Waals surface area contributed by atoms with E-state index in [9.17, 15) is 9.18 Å². The number of amides is 1. The van der Waals surface area contributed by atoms with Gasteiger partial charge in [0.05, 0.1) is 6.20 Å². The van der Waals surface area contributed by atoms with E-state index in [4.69, 9.17) is 18.0 Å². The first-order valence-corrected chi connectivity index (χ1v) is 6.25. The van der Waals surface area contributed by atoms with Crippen molar-refractivity contribution in [2.45, 2.75) is 6.54 Å². The lowest BCUT2D eigenvalue weighted by Gasteiger charge is -2.06. The third kappa shape index (κ3) is 3.58. The van der Waals surface area contributed by atoms with Gasteiger partial charge in [-0.3, -0.25) is 4.79 Å². The molecular weight excluding hydrogens is 277 g/mol. The van der Waals surface area contributed by atoms with Gasteiger partial charge in [-0.25, -0.2) is 9.37 Å². The van der Waals surface area contributed by atoms with E-state index >= 15 is 0 Å². The van der Waals surface area contributed by atoms with Crippen LogP contribution in [-0.2, 0) is 6.54 Å². The van der Waals surface area contributed by atoms with Crippen molar-refractivity contribution in [2.24, 2.45) is 5.73 Å². The van der Waals surface area contributed by atoms with Gasteiger partial charge in [0.15, 0.2) is 0 Å². The first-order valence-electron chi connectivity index (χ1n) is 5.85. The van der Waals surface area contributed by atoms with Crippen LogP contribution in [-0.4, -0.2) is 15.9 Å². The summed E-state index contributed by atoms with van der Waals surface area (Å²) in [5, 5.41) is 2.69. The molecule has 0 saturated carbocycles. The molecule has 2 aromatic rings. The Hall–Kier alpha value is -2.34. The fourth-order valence-electron chi connectivity index (χ4n) is 1.62. The molecule has 1 heterocycles. The highest BCUT2D eigenvalue weighted by Crippen LogP contribution is 2.05. The summed E-state index contributed by atoms with van der Waals surface area (Å²) in [5.74, 6) is -0.851. The molecule has 1 amide bonds. The second-order valence-corrected chi connectivity index (χ2v) is 4.55. The van der Waals surface area contributed by atoms with E-state index < -0.39 is 5.82 Å². The Morgan fingerprint density at radius 3 is 2.80 bits per heavy atom. The Labute approximate surface area is 120 Å². The molecule has 0 radical (unpaired) electrons. The van der Waals surface area contributed by atoms with Gasteiger partial charge in [-0.1, -0.05) is 30.4 Å². The van der Waals surface area contributed by atoms with Gasteiger partial charge in [-0.2, -0.15) is 0 Å². The number of nitrogens with two attached hydrogens (primary N) is 1. The first-order chi connectivity index (χ1) is 9.56. The Morgan fingerprint density at radius 2 is 2.15 bits per heavy atom. The van der Waals surface area contributed by atoms with Crippen LogP contribution in [0.3, 0.4) is 0 Å². The summed E-state index contributed by atoms with van der Waals surface area (Å²) in [7, 11) is 0. The Morgan fingerprint density at radius 1 is 1.35 bits per heavy atom. The number of hydrogen-bond donors (Lipinski definition) is 2. The summed E-state index contributed by atoms with van der Waals surface area (Å²) in [5.41, 5.74) is 7.31. The van der Waals surface area contributed by atoms with E-state index in [2.05, 4.69) is 10.3 Å². The van der Waals surface area contributed by atoms with Crippen LogP contribution >= 0.6 is 12.2 Å². The SMILES string of the molecule is NC(=S)c1cccc(CNC(=O)c2ccc(F)cn2)c1. The van der Waals surface area contributed by atoms with E-state index in [1.165, 1.54) is 12.1 Å². The van der Waals surface area contributed by atoms with Crippen LogP contribution in [0.5, 0.6) is 0 Å². The van der Waals surface area contributed by atoms with Gasteiger partial charge in [0.25, 0.3) is 5.91 Å². The van der Waals surface area contributed by atoms with Crippen LogP contribution in [0.1, 0.15) is 21.6 Å². The normalized spacial score (nSPS) is 10.1. The van der Waals surface area contributed by atoms with E-state index in [0.717, 1.165) is 17.3 Å². The molecule has 0 fully saturated rings. The molecule has 0 atom stereocenters. The molecule has 3 N–H and O–H groups in total. The minimum absolute atomic E-state index is 0.164. The molecule has 0 saturated heterocycles. The van der Waals surface area contributed by atoms with Gasteiger partial charge in [0, 0.05) is 12.1 Å². The third-order valence-electron chi connectivity index (χ3n) is 2.62. The zero-order valence-corrected chi connectivity index (χ0v) is 11.3. The summed E-state index contributed by atoms with van der Waals surface area (Å²) in [6.45, 7) is 0.314. The number of carbonyl (C=O) groups excluding carboxylic acids is 1. The number of carbonyl (C=O) groups is 1. The zero-order valence-electron chi connectivity index (χ0n) is 10.5. The largest absolute Gasteiger partial charge is 0.389 e. The molecule has 102 valence electrons. The number of benzene rings is 1. The van der Waals surface area contributed by atoms with Crippen molar-refractivity contribution in [3.63, 3.8) is 0 Å². The van der Waals surface area contributed by atoms with E-state index in [-0.39, 0.29) is 11.6 Å². The number of aromatic nitrogens is 1. The number of nitrogens with one attached hydrogen (secondary N) is 1. The van der Waals surface area contributed by atoms with Crippen molar-refractivity contribution in [3.8, 4) is 0 Å². The average molecular weight is 289 g/mol. The van der Waals surface area contributed by atoms with Crippen LogP contribution < -0.4 is 11.1 Å². The van der Waals surface area contributed by atoms with E-state index in [0.29, 0.717) is 11.5 Å². The number of hydrogen-bond acceptors (Lipinski definition) is 3. The minimum atomic E-state index is -0.481. The number of thiocarbonyl (C=S) groups is 1. The predicted octanol–water partition coefficient (Wildman–Crippen LogP) is 1.78. The maximum Gasteiger partial charge on any atom is 0.270 e. The smallest absolute Gasteiger partial charge is 0.270 e. The minimum Gasteiger partial charge on any atom is -0.389 e. The van der Waals surface area contributed by atoms with Crippen LogP contribution in [0, 0.1) is 5.82 Å². The summed E-state index contributed by atoms with van der Waals surface area (Å²) < 4.78 is 12.7. The molecule has 0 bridgehead atoms. The third-order valence-corrected chi connectivity index (χ3v) is 2.86. The molecule has 0 spiro atoms. The van der Waals surface area contributed by atoms with Gasteiger partial charge in [-0.05, 0) is 23.8 Å². The standard InChI is InChI=1S/C14H12FN3OS/c15-11-4-5-12(17-8-11)14(19)18-7-9-2-1-3-10(6-9)13(16)20/h1-6,8H,7H2,(H2,16,20)(H,18,19). The maximum atomic E-state index is 12.7. The van der Waals surface area contributed by atoms with Gasteiger partial charge < -0.3 is 11.1 Å². The summed E-state index contributed by atoms with van der Waals surface area (Å²) in [6.07, 6.45) is 1.00. The number of nitrogens with zero attached hydrogens (tertiary/aromatic N) is 1. The first kappa shape index (κ1) is 14.1. The average Bonchev–Trinajstić information content (AvgIpc) is 2.46. The van der Waals surface area contributed by atoms with Crippen molar-refractivity contribution < 1.29 is 9.18 Å². The van der Waals surface area contributed by atoms with Crippen molar-refractivity contribution >= 4 is 23.1 Å². The summed E-state index contributed by atoms with van der Waals surface area (Å²) in [4.78, 5) is 15.8. The molecule has 1 aromatic carbocycles. The van der Waals surface area contributed by atoms with Gasteiger partial charge in [0.1, 0.15) is 16.5 Å². The second kappa shape index (κ2) is 6.21. The van der Waals surface area contributed by atoms with E-state index in [1.807, 2.05) is 12.1 Å². The summed E-state index contributed by atoms with van der Waals surface area (Å²) >= 11 is 4.89. The lowest BCUT2D eigenvalue weighted by atomic mass is 10.1. The van der Waals surface area contributed by atoms with Crippen molar-refractivity contribution in [3.05, 3.63) is 65.2 Å². The van der Waals surface area contributed by atoms with Gasteiger partial charge >= 0.3 is 0 Å². The van der Waals surface area contributed by atoms with Gasteiger partial charge in [0.2, 0.25) is 0 Å². The van der Waals surface area contributed by atoms with Crippen LogP contribution in [0.4, 0.5) is 4.39 Å².